The average molecular weight is 178 g/mol. The average Bonchev–Trinajstić information content (AvgIpc) is 2.51. The predicted octanol–water partition coefficient (Wildman–Crippen LogP) is 3.08. The van der Waals surface area contributed by atoms with Crippen molar-refractivity contribution in [3.63, 3.8) is 0 Å². The zero-order valence-corrected chi connectivity index (χ0v) is 7.86. The maximum Gasteiger partial charge on any atom is 3.00 e. The summed E-state index contributed by atoms with van der Waals surface area (Å²) in [6.07, 6.45) is 0. The molecule has 1 heteroatoms. The van der Waals surface area contributed by atoms with E-state index in [1.54, 1.807) is 13.8 Å². The summed E-state index contributed by atoms with van der Waals surface area (Å²) in [7, 11) is 0. The van der Waals surface area contributed by atoms with Crippen molar-refractivity contribution >= 4 is 0 Å². The van der Waals surface area contributed by atoms with E-state index in [2.05, 4.69) is 13.8 Å². The van der Waals surface area contributed by atoms with Gasteiger partial charge in [0.15, 0.2) is 0 Å². The van der Waals surface area contributed by atoms with Crippen LogP contribution in [0.1, 0.15) is 13.8 Å². The van der Waals surface area contributed by atoms with Gasteiger partial charge >= 0.3 is 17.1 Å². The van der Waals surface area contributed by atoms with Crippen LogP contribution in [0.5, 0.6) is 0 Å². The Hall–Kier alpha value is -0.131. The standard InChI is InChI=1S/C5H5.2C2H5.Mn/c1-2-4-5-3-1;2*1-2;/h1-5H;2*1H2,2H3;/q3*-1;+3. The largest absolute Gasteiger partial charge is 3.00 e. The molecule has 0 aliphatic heterocycles. The first-order valence-corrected chi connectivity index (χ1v) is 3.08. The van der Waals surface area contributed by atoms with Crippen molar-refractivity contribution in [2.24, 2.45) is 0 Å². The second-order valence-electron chi connectivity index (χ2n) is 0.962. The molecule has 0 spiro atoms. The summed E-state index contributed by atoms with van der Waals surface area (Å²) in [4.78, 5) is 0. The first-order valence-electron chi connectivity index (χ1n) is 3.08. The monoisotopic (exact) mass is 178 g/mol. The van der Waals surface area contributed by atoms with Gasteiger partial charge in [-0.25, -0.2) is 12.1 Å². The van der Waals surface area contributed by atoms with Crippen LogP contribution in [0.15, 0.2) is 30.3 Å². The van der Waals surface area contributed by atoms with Crippen molar-refractivity contribution in [3.8, 4) is 0 Å². The second kappa shape index (κ2) is 23.2. The minimum atomic E-state index is 0. The van der Waals surface area contributed by atoms with Crippen LogP contribution < -0.4 is 0 Å². The predicted molar refractivity (Wildman–Crippen MR) is 44.1 cm³/mol. The van der Waals surface area contributed by atoms with Crippen LogP contribution in [0.25, 0.3) is 0 Å². The van der Waals surface area contributed by atoms with Gasteiger partial charge in [-0.1, -0.05) is 0 Å². The molecule has 0 aliphatic rings. The summed E-state index contributed by atoms with van der Waals surface area (Å²) in [5.41, 5.74) is 0. The van der Waals surface area contributed by atoms with Gasteiger partial charge in [-0.15, -0.1) is 0 Å². The Labute approximate surface area is 75.5 Å². The molecule has 0 radical (unpaired) electrons. The summed E-state index contributed by atoms with van der Waals surface area (Å²) >= 11 is 0. The molecular weight excluding hydrogens is 163 g/mol. The fraction of sp³-hybridized carbons (Fsp3) is 0.222. The minimum absolute atomic E-state index is 0. The van der Waals surface area contributed by atoms with Crippen LogP contribution >= 0.6 is 0 Å². The molecule has 0 unspecified atom stereocenters. The van der Waals surface area contributed by atoms with Crippen LogP contribution in [-0.4, -0.2) is 0 Å². The van der Waals surface area contributed by atoms with Crippen LogP contribution in [-0.2, 0) is 17.1 Å². The van der Waals surface area contributed by atoms with E-state index in [4.69, 9.17) is 0 Å². The maximum atomic E-state index is 3.25. The van der Waals surface area contributed by atoms with E-state index in [1.807, 2.05) is 30.3 Å². The van der Waals surface area contributed by atoms with E-state index in [0.717, 1.165) is 0 Å². The Morgan fingerprint density at radius 2 is 1.20 bits per heavy atom. The normalized spacial score (nSPS) is 5.20. The van der Waals surface area contributed by atoms with Crippen molar-refractivity contribution < 1.29 is 17.1 Å². The topological polar surface area (TPSA) is 0 Å². The van der Waals surface area contributed by atoms with Crippen LogP contribution in [0.3, 0.4) is 0 Å². The summed E-state index contributed by atoms with van der Waals surface area (Å²) in [6.45, 7) is 10.0. The van der Waals surface area contributed by atoms with Crippen LogP contribution in [0.4, 0.5) is 0 Å². The summed E-state index contributed by atoms with van der Waals surface area (Å²) < 4.78 is 0. The third-order valence-corrected chi connectivity index (χ3v) is 0.556. The number of rotatable bonds is 0. The van der Waals surface area contributed by atoms with Gasteiger partial charge in [0, 0.05) is 0 Å². The van der Waals surface area contributed by atoms with E-state index in [-0.39, 0.29) is 17.1 Å². The van der Waals surface area contributed by atoms with Gasteiger partial charge in [-0.2, -0.15) is 32.0 Å². The molecule has 0 N–H and O–H groups in total. The Morgan fingerprint density at radius 1 is 0.900 bits per heavy atom. The fourth-order valence-electron chi connectivity index (χ4n) is 0.321. The molecule has 10 heavy (non-hydrogen) atoms. The van der Waals surface area contributed by atoms with Crippen LogP contribution in [0.2, 0.25) is 0 Å². The van der Waals surface area contributed by atoms with E-state index in [9.17, 15) is 0 Å². The van der Waals surface area contributed by atoms with E-state index < -0.39 is 0 Å². The molecule has 0 nitrogen and oxygen atoms in total. The zero-order chi connectivity index (χ0) is 7.54. The number of hydrogen-bond acceptors (Lipinski definition) is 0. The van der Waals surface area contributed by atoms with Crippen LogP contribution in [0, 0.1) is 13.8 Å². The quantitative estimate of drug-likeness (QED) is 0.423. The first kappa shape index (κ1) is 16.5. The van der Waals surface area contributed by atoms with Gasteiger partial charge in [-0.05, 0) is 0 Å². The fourth-order valence-corrected chi connectivity index (χ4v) is 0.321. The molecule has 1 rings (SSSR count). The van der Waals surface area contributed by atoms with Crippen molar-refractivity contribution in [1.82, 2.24) is 0 Å². The third-order valence-electron chi connectivity index (χ3n) is 0.556. The SMILES string of the molecule is [CH2-]C.[CH2-]C.[Mn+3].c1cc[cH-]c1. The van der Waals surface area contributed by atoms with Gasteiger partial charge in [0.05, 0.1) is 0 Å². The number of hydrogen-bond donors (Lipinski definition) is 0. The molecule has 0 atom stereocenters. The summed E-state index contributed by atoms with van der Waals surface area (Å²) in [6, 6.07) is 10.0. The summed E-state index contributed by atoms with van der Waals surface area (Å²) in [5, 5.41) is 0. The molecule has 0 amide bonds. The second-order valence-corrected chi connectivity index (χ2v) is 0.962. The molecule has 0 heterocycles. The smallest absolute Gasteiger partial charge is 0.346 e. The molecule has 0 aliphatic carbocycles. The van der Waals surface area contributed by atoms with E-state index in [1.165, 1.54) is 0 Å². The van der Waals surface area contributed by atoms with Gasteiger partial charge in [0.25, 0.3) is 0 Å². The van der Waals surface area contributed by atoms with E-state index >= 15 is 0 Å². The maximum absolute atomic E-state index is 3.25. The minimum Gasteiger partial charge on any atom is -0.346 e. The van der Waals surface area contributed by atoms with E-state index in [0.29, 0.717) is 0 Å². The Morgan fingerprint density at radius 3 is 1.30 bits per heavy atom. The Kier molecular flexibility index (Phi) is 38.1. The molecule has 1 aromatic carbocycles. The van der Waals surface area contributed by atoms with Crippen molar-refractivity contribution in [2.45, 2.75) is 13.8 Å². The van der Waals surface area contributed by atoms with Gasteiger partial charge in [-0.3, -0.25) is 0 Å². The third kappa shape index (κ3) is 15.7. The first-order chi connectivity index (χ1) is 4.50. The van der Waals surface area contributed by atoms with Crippen molar-refractivity contribution in [3.05, 3.63) is 44.2 Å². The molecule has 58 valence electrons. The molecule has 1 aromatic rings. The van der Waals surface area contributed by atoms with Crippen molar-refractivity contribution in [1.29, 1.82) is 0 Å². The zero-order valence-electron chi connectivity index (χ0n) is 6.68. The molecule has 0 bridgehead atoms. The van der Waals surface area contributed by atoms with Gasteiger partial charge in [0.2, 0.25) is 0 Å². The molecule has 0 aromatic heterocycles. The molecule has 0 saturated carbocycles. The Balaban J connectivity index is -0.0000000875. The van der Waals surface area contributed by atoms with Gasteiger partial charge in [0.1, 0.15) is 0 Å². The molecule has 0 fully saturated rings. The molecular formula is C9H15Mn. The molecule has 0 saturated heterocycles. The Bertz CT molecular complexity index is 61.2. The summed E-state index contributed by atoms with van der Waals surface area (Å²) in [5.74, 6) is 0. The van der Waals surface area contributed by atoms with Crippen molar-refractivity contribution in [2.75, 3.05) is 0 Å². The van der Waals surface area contributed by atoms with Gasteiger partial charge < -0.3 is 13.8 Å².